The van der Waals surface area contributed by atoms with Gasteiger partial charge in [-0.1, -0.05) is 261 Å². The predicted octanol–water partition coefficient (Wildman–Crippen LogP) is 27.6. The second-order valence-electron chi connectivity index (χ2n) is 26.4. The standard InChI is InChI=1S/C96H60N2S2/c1-3-12-61(13-4-1)73-40-50-89-85(55-73)86-56-76(41-51-90(86)97(89)79-44-34-65(35-45-79)63-22-26-68(27-23-63)74-42-52-95-87(57-74)83-18-7-9-20-93(83)99-95)72-17-11-16-71(54-72)67-30-32-70(33-31-67)78-39-49-82-81-48-38-77(62-14-5-2-6-15-62)59-91(81)98(92(82)60-78)80-46-36-66(37-47-80)64-24-28-69(29-25-64)75-43-53-96-88(58-75)84-19-8-10-21-94(84)100-96/h1-60H. The molecule has 16 aromatic carbocycles. The van der Waals surface area contributed by atoms with E-state index in [9.17, 15) is 0 Å². The highest BCUT2D eigenvalue weighted by Gasteiger charge is 2.19. The highest BCUT2D eigenvalue weighted by molar-refractivity contribution is 7.26. The van der Waals surface area contributed by atoms with Crippen molar-refractivity contribution in [2.24, 2.45) is 0 Å². The molecular weight excluding hydrogens is 1250 g/mol. The van der Waals surface area contributed by atoms with E-state index >= 15 is 0 Å². The summed E-state index contributed by atoms with van der Waals surface area (Å²) in [4.78, 5) is 0. The number of nitrogens with zero attached hydrogens (tertiary/aromatic N) is 2. The first-order chi connectivity index (χ1) is 49.5. The molecule has 0 aliphatic carbocycles. The van der Waals surface area contributed by atoms with Crippen molar-refractivity contribution in [3.8, 4) is 112 Å². The van der Waals surface area contributed by atoms with E-state index in [4.69, 9.17) is 0 Å². The molecule has 0 bridgehead atoms. The van der Waals surface area contributed by atoms with Gasteiger partial charge in [0.2, 0.25) is 0 Å². The van der Waals surface area contributed by atoms with E-state index in [-0.39, 0.29) is 0 Å². The summed E-state index contributed by atoms with van der Waals surface area (Å²) < 4.78 is 10.2. The largest absolute Gasteiger partial charge is 0.309 e. The van der Waals surface area contributed by atoms with Crippen LogP contribution in [0.1, 0.15) is 0 Å². The summed E-state index contributed by atoms with van der Waals surface area (Å²) in [6.45, 7) is 0. The van der Waals surface area contributed by atoms with Gasteiger partial charge in [-0.2, -0.15) is 0 Å². The molecule has 4 heterocycles. The lowest BCUT2D eigenvalue weighted by molar-refractivity contribution is 1.18. The predicted molar refractivity (Wildman–Crippen MR) is 430 cm³/mol. The van der Waals surface area contributed by atoms with Crippen LogP contribution in [-0.4, -0.2) is 9.13 Å². The van der Waals surface area contributed by atoms with Gasteiger partial charge in [0.25, 0.3) is 0 Å². The zero-order valence-electron chi connectivity index (χ0n) is 54.4. The average Bonchev–Trinajstić information content (AvgIpc) is 1.59. The molecule has 2 nitrogen and oxygen atoms in total. The number of fused-ring (bicyclic) bond motifs is 12. The molecule has 0 unspecified atom stereocenters. The van der Waals surface area contributed by atoms with Crippen molar-refractivity contribution < 1.29 is 0 Å². The van der Waals surface area contributed by atoms with Gasteiger partial charge in [-0.25, -0.2) is 0 Å². The Labute approximate surface area is 587 Å². The third-order valence-corrected chi connectivity index (χ3v) is 22.9. The second-order valence-corrected chi connectivity index (χ2v) is 28.5. The van der Waals surface area contributed by atoms with Gasteiger partial charge in [-0.05, 0) is 203 Å². The van der Waals surface area contributed by atoms with Gasteiger partial charge in [-0.15, -0.1) is 22.7 Å². The van der Waals surface area contributed by atoms with Crippen LogP contribution in [0.5, 0.6) is 0 Å². The van der Waals surface area contributed by atoms with E-state index in [0.717, 1.165) is 11.4 Å². The van der Waals surface area contributed by atoms with E-state index in [1.807, 2.05) is 22.7 Å². The lowest BCUT2D eigenvalue weighted by Crippen LogP contribution is -1.94. The van der Waals surface area contributed by atoms with Crippen LogP contribution in [-0.2, 0) is 0 Å². The normalized spacial score (nSPS) is 11.8. The van der Waals surface area contributed by atoms with Crippen LogP contribution in [0.15, 0.2) is 364 Å². The Kier molecular flexibility index (Phi) is 13.7. The quantitative estimate of drug-likeness (QED) is 0.122. The van der Waals surface area contributed by atoms with Crippen molar-refractivity contribution in [3.05, 3.63) is 364 Å². The number of hydrogen-bond donors (Lipinski definition) is 0. The van der Waals surface area contributed by atoms with Crippen LogP contribution in [0, 0.1) is 0 Å². The molecule has 0 fully saturated rings. The number of aromatic nitrogens is 2. The van der Waals surface area contributed by atoms with Crippen molar-refractivity contribution in [2.75, 3.05) is 0 Å². The molecule has 0 atom stereocenters. The Morgan fingerprint density at radius 3 is 0.820 bits per heavy atom. The molecule has 0 aliphatic heterocycles. The Morgan fingerprint density at radius 2 is 0.400 bits per heavy atom. The zero-order chi connectivity index (χ0) is 65.8. The molecule has 20 rings (SSSR count). The fraction of sp³-hybridized carbons (Fsp3) is 0. The molecule has 100 heavy (non-hydrogen) atoms. The average molecular weight is 1310 g/mol. The first-order valence-electron chi connectivity index (χ1n) is 34.2. The smallest absolute Gasteiger partial charge is 0.0547 e. The van der Waals surface area contributed by atoms with Crippen LogP contribution in [0.3, 0.4) is 0 Å². The molecule has 0 radical (unpaired) electrons. The summed E-state index contributed by atoms with van der Waals surface area (Å²) in [6, 6.07) is 135. The Hall–Kier alpha value is -12.4. The van der Waals surface area contributed by atoms with Crippen LogP contribution in [0.25, 0.3) is 195 Å². The molecule has 0 N–H and O–H groups in total. The molecule has 20 aromatic rings. The van der Waals surface area contributed by atoms with Crippen LogP contribution < -0.4 is 0 Å². The van der Waals surface area contributed by atoms with Crippen LogP contribution >= 0.6 is 22.7 Å². The topological polar surface area (TPSA) is 9.86 Å². The summed E-state index contributed by atoms with van der Waals surface area (Å²) in [5, 5.41) is 10.2. The minimum absolute atomic E-state index is 1.12. The van der Waals surface area contributed by atoms with E-state index in [2.05, 4.69) is 373 Å². The maximum Gasteiger partial charge on any atom is 0.0547 e. The third kappa shape index (κ3) is 9.98. The summed E-state index contributed by atoms with van der Waals surface area (Å²) in [6.07, 6.45) is 0. The molecule has 0 saturated heterocycles. The number of thiophene rings is 2. The summed E-state index contributed by atoms with van der Waals surface area (Å²) in [7, 11) is 0. The van der Waals surface area contributed by atoms with Gasteiger partial charge in [0, 0.05) is 73.3 Å². The first kappa shape index (κ1) is 57.8. The van der Waals surface area contributed by atoms with Gasteiger partial charge in [0.1, 0.15) is 0 Å². The van der Waals surface area contributed by atoms with Gasteiger partial charge >= 0.3 is 0 Å². The lowest BCUT2D eigenvalue weighted by atomic mass is 9.96. The molecule has 0 saturated carbocycles. The van der Waals surface area contributed by atoms with Gasteiger partial charge in [-0.3, -0.25) is 0 Å². The van der Waals surface area contributed by atoms with E-state index in [1.54, 1.807) is 0 Å². The number of hydrogen-bond acceptors (Lipinski definition) is 2. The Balaban J connectivity index is 0.603. The summed E-state index contributed by atoms with van der Waals surface area (Å²) in [5.41, 5.74) is 28.5. The second kappa shape index (κ2) is 23.7. The fourth-order valence-electron chi connectivity index (χ4n) is 15.4. The zero-order valence-corrected chi connectivity index (χ0v) is 56.0. The summed E-state index contributed by atoms with van der Waals surface area (Å²) in [5.74, 6) is 0. The maximum absolute atomic E-state index is 2.46. The number of rotatable bonds is 11. The third-order valence-electron chi connectivity index (χ3n) is 20.6. The highest BCUT2D eigenvalue weighted by atomic mass is 32.1. The lowest BCUT2D eigenvalue weighted by Gasteiger charge is -2.12. The summed E-state index contributed by atoms with van der Waals surface area (Å²) >= 11 is 3.72. The van der Waals surface area contributed by atoms with Crippen molar-refractivity contribution >= 4 is 107 Å². The van der Waals surface area contributed by atoms with Crippen LogP contribution in [0.4, 0.5) is 0 Å². The SMILES string of the molecule is c1ccc(-c2ccc3c(c2)c2cc(-c4cccc(-c5ccc(-c6ccc7c8ccc(-c9ccccc9)cc8n(-c8ccc(-c9ccc(-c%10ccc%11sc%12ccccc%12c%11c%10)cc9)cc8)c7c6)cc5)c4)ccc2n3-c2ccc(-c3ccc(-c4ccc5sc6ccccc6c5c4)cc3)cc2)cc1. The molecule has 466 valence electrons. The van der Waals surface area contributed by atoms with E-state index < -0.39 is 0 Å². The van der Waals surface area contributed by atoms with Gasteiger partial charge < -0.3 is 9.13 Å². The maximum atomic E-state index is 2.46. The van der Waals surface area contributed by atoms with Crippen molar-refractivity contribution in [1.29, 1.82) is 0 Å². The molecule has 0 aliphatic rings. The minimum Gasteiger partial charge on any atom is -0.309 e. The Bertz CT molecular complexity index is 6570. The fourth-order valence-corrected chi connectivity index (χ4v) is 17.6. The molecule has 4 heteroatoms. The van der Waals surface area contributed by atoms with Crippen molar-refractivity contribution in [2.45, 2.75) is 0 Å². The highest BCUT2D eigenvalue weighted by Crippen LogP contribution is 2.44. The molecular formula is C96H60N2S2. The molecule has 4 aromatic heterocycles. The Morgan fingerprint density at radius 1 is 0.140 bits per heavy atom. The van der Waals surface area contributed by atoms with Gasteiger partial charge in [0.05, 0.1) is 22.1 Å². The van der Waals surface area contributed by atoms with Gasteiger partial charge in [0.15, 0.2) is 0 Å². The monoisotopic (exact) mass is 1300 g/mol. The minimum atomic E-state index is 1.12. The molecule has 0 spiro atoms. The van der Waals surface area contributed by atoms with Crippen LogP contribution in [0.2, 0.25) is 0 Å². The van der Waals surface area contributed by atoms with Crippen molar-refractivity contribution in [1.82, 2.24) is 9.13 Å². The van der Waals surface area contributed by atoms with E-state index in [0.29, 0.717) is 0 Å². The molecule has 0 amide bonds. The van der Waals surface area contributed by atoms with Crippen molar-refractivity contribution in [3.63, 3.8) is 0 Å². The van der Waals surface area contributed by atoms with E-state index in [1.165, 1.54) is 184 Å². The number of benzene rings is 16. The first-order valence-corrected chi connectivity index (χ1v) is 35.9.